The number of aromatic nitrogens is 1. The number of likely N-dealkylation sites (tertiary alicyclic amines) is 1. The molecule has 0 spiro atoms. The van der Waals surface area contributed by atoms with Gasteiger partial charge in [-0.2, -0.15) is 0 Å². The molecule has 1 aliphatic heterocycles. The third-order valence-corrected chi connectivity index (χ3v) is 7.14. The summed E-state index contributed by atoms with van der Waals surface area (Å²) in [7, 11) is 0. The van der Waals surface area contributed by atoms with Gasteiger partial charge in [0.1, 0.15) is 12.1 Å². The van der Waals surface area contributed by atoms with Crippen molar-refractivity contribution in [1.29, 1.82) is 0 Å². The van der Waals surface area contributed by atoms with E-state index in [4.69, 9.17) is 4.74 Å². The molecular weight excluding hydrogens is 480 g/mol. The standard InChI is InChI=1S/C26H36N4O5S/c1-6-35-26(4,5)12-22(32)29-17(3)25(34)30-14-20(31)11-21(30)24(33)27-13-18-7-9-19(10-8-18)23-16(2)28-15-36-23/h7-10,15,17,20-21,31H,6,11-14H2,1-5H3,(H,27,33)(H,29,32)/t17-,20+,21-/m0/s1. The maximum Gasteiger partial charge on any atom is 0.245 e. The lowest BCUT2D eigenvalue weighted by Gasteiger charge is -2.28. The molecule has 0 aliphatic carbocycles. The SMILES string of the molecule is CCOC(C)(C)CC(=O)N[C@@H](C)C(=O)N1C[C@H](O)C[C@H]1C(=O)NCc1ccc(-c2scnc2C)cc1. The Hall–Kier alpha value is -2.82. The fourth-order valence-corrected chi connectivity index (χ4v) is 5.21. The summed E-state index contributed by atoms with van der Waals surface area (Å²) in [5.41, 5.74) is 4.14. The molecular formula is C26H36N4O5S. The zero-order chi connectivity index (χ0) is 26.5. The number of thiazole rings is 1. The minimum atomic E-state index is -0.835. The first kappa shape index (κ1) is 27.8. The Kier molecular flexibility index (Phi) is 9.21. The van der Waals surface area contributed by atoms with Gasteiger partial charge < -0.3 is 25.4 Å². The lowest BCUT2D eigenvalue weighted by Crippen LogP contribution is -2.53. The molecule has 3 rings (SSSR count). The van der Waals surface area contributed by atoms with E-state index in [0.29, 0.717) is 13.2 Å². The monoisotopic (exact) mass is 516 g/mol. The molecule has 0 radical (unpaired) electrons. The molecule has 3 N–H and O–H groups in total. The van der Waals surface area contributed by atoms with Crippen LogP contribution < -0.4 is 10.6 Å². The maximum absolute atomic E-state index is 13.1. The lowest BCUT2D eigenvalue weighted by molar-refractivity contribution is -0.141. The second-order valence-corrected chi connectivity index (χ2v) is 10.6. The van der Waals surface area contributed by atoms with Crippen molar-refractivity contribution in [2.75, 3.05) is 13.2 Å². The fraction of sp³-hybridized carbons (Fsp3) is 0.538. The van der Waals surface area contributed by atoms with Crippen LogP contribution in [-0.4, -0.2) is 69.7 Å². The molecule has 1 fully saturated rings. The summed E-state index contributed by atoms with van der Waals surface area (Å²) in [6.07, 6.45) is -0.544. The molecule has 1 aromatic heterocycles. The van der Waals surface area contributed by atoms with Gasteiger partial charge in [0.25, 0.3) is 0 Å². The van der Waals surface area contributed by atoms with Gasteiger partial charge in [-0.15, -0.1) is 11.3 Å². The van der Waals surface area contributed by atoms with Crippen LogP contribution in [0.3, 0.4) is 0 Å². The largest absolute Gasteiger partial charge is 0.391 e. The Morgan fingerprint density at radius 3 is 2.58 bits per heavy atom. The number of hydrogen-bond acceptors (Lipinski definition) is 7. The normalized spacial score (nSPS) is 18.7. The van der Waals surface area contributed by atoms with Crippen molar-refractivity contribution in [2.24, 2.45) is 0 Å². The van der Waals surface area contributed by atoms with Crippen LogP contribution in [0.4, 0.5) is 0 Å². The number of nitrogens with zero attached hydrogens (tertiary/aromatic N) is 2. The first-order valence-corrected chi connectivity index (χ1v) is 13.1. The Morgan fingerprint density at radius 2 is 1.97 bits per heavy atom. The van der Waals surface area contributed by atoms with Gasteiger partial charge in [0.05, 0.1) is 34.2 Å². The minimum absolute atomic E-state index is 0.0461. The zero-order valence-electron chi connectivity index (χ0n) is 21.5. The Morgan fingerprint density at radius 1 is 1.28 bits per heavy atom. The molecule has 2 aromatic rings. The minimum Gasteiger partial charge on any atom is -0.391 e. The number of carbonyl (C=O) groups excluding carboxylic acids is 3. The molecule has 1 aliphatic rings. The average Bonchev–Trinajstić information content (AvgIpc) is 3.42. The zero-order valence-corrected chi connectivity index (χ0v) is 22.4. The number of aliphatic hydroxyl groups is 1. The summed E-state index contributed by atoms with van der Waals surface area (Å²) in [6, 6.07) is 6.25. The summed E-state index contributed by atoms with van der Waals surface area (Å²) < 4.78 is 5.55. The van der Waals surface area contributed by atoms with Gasteiger partial charge >= 0.3 is 0 Å². The number of β-amino-alcohol motifs (C(OH)–C–C–N with tert-alkyl or cyclic N) is 1. The number of aliphatic hydroxyl groups excluding tert-OH is 1. The molecule has 3 atom stereocenters. The van der Waals surface area contributed by atoms with Crippen molar-refractivity contribution in [3.8, 4) is 10.4 Å². The molecule has 10 heteroatoms. The van der Waals surface area contributed by atoms with Crippen molar-refractivity contribution in [2.45, 2.75) is 77.8 Å². The third kappa shape index (κ3) is 7.11. The van der Waals surface area contributed by atoms with Gasteiger partial charge in [0, 0.05) is 26.1 Å². The second kappa shape index (κ2) is 11.9. The maximum atomic E-state index is 13.1. The predicted octanol–water partition coefficient (Wildman–Crippen LogP) is 2.41. The van der Waals surface area contributed by atoms with Gasteiger partial charge in [-0.25, -0.2) is 4.98 Å². The highest BCUT2D eigenvalue weighted by atomic mass is 32.1. The quantitative estimate of drug-likeness (QED) is 0.446. The van der Waals surface area contributed by atoms with E-state index in [9.17, 15) is 19.5 Å². The molecule has 36 heavy (non-hydrogen) atoms. The summed E-state index contributed by atoms with van der Waals surface area (Å²) >= 11 is 1.58. The van der Waals surface area contributed by atoms with Gasteiger partial charge in [0.15, 0.2) is 0 Å². The second-order valence-electron chi connectivity index (χ2n) is 9.74. The molecule has 0 unspecified atom stereocenters. The van der Waals surface area contributed by atoms with Gasteiger partial charge in [-0.05, 0) is 45.7 Å². The number of hydrogen-bond donors (Lipinski definition) is 3. The van der Waals surface area contributed by atoms with Crippen LogP contribution in [0.15, 0.2) is 29.8 Å². The van der Waals surface area contributed by atoms with E-state index in [1.807, 2.05) is 57.5 Å². The van der Waals surface area contributed by atoms with Crippen LogP contribution in [0.5, 0.6) is 0 Å². The van der Waals surface area contributed by atoms with E-state index in [1.54, 1.807) is 18.3 Å². The third-order valence-electron chi connectivity index (χ3n) is 6.16. The molecule has 9 nitrogen and oxygen atoms in total. The van der Waals surface area contributed by atoms with Crippen molar-refractivity contribution >= 4 is 29.1 Å². The molecule has 2 heterocycles. The van der Waals surface area contributed by atoms with Crippen molar-refractivity contribution in [3.05, 3.63) is 41.0 Å². The number of benzene rings is 1. The van der Waals surface area contributed by atoms with Gasteiger partial charge in [-0.1, -0.05) is 24.3 Å². The number of rotatable bonds is 10. The Balaban J connectivity index is 1.56. The molecule has 0 bridgehead atoms. The smallest absolute Gasteiger partial charge is 0.245 e. The molecule has 1 saturated heterocycles. The van der Waals surface area contributed by atoms with Crippen LogP contribution in [-0.2, 0) is 25.7 Å². The van der Waals surface area contributed by atoms with E-state index in [2.05, 4.69) is 15.6 Å². The number of nitrogens with one attached hydrogen (secondary N) is 2. The Labute approximate surface area is 216 Å². The molecule has 0 saturated carbocycles. The summed E-state index contributed by atoms with van der Waals surface area (Å²) in [5, 5.41) is 15.8. The summed E-state index contributed by atoms with van der Waals surface area (Å²) in [5.74, 6) is -1.05. The van der Waals surface area contributed by atoms with E-state index in [1.165, 1.54) is 4.90 Å². The fourth-order valence-electron chi connectivity index (χ4n) is 4.40. The molecule has 196 valence electrons. The van der Waals surface area contributed by atoms with E-state index >= 15 is 0 Å². The van der Waals surface area contributed by atoms with E-state index in [-0.39, 0.29) is 31.2 Å². The number of aryl methyl sites for hydroxylation is 1. The van der Waals surface area contributed by atoms with Crippen LogP contribution >= 0.6 is 11.3 Å². The van der Waals surface area contributed by atoms with Crippen molar-refractivity contribution in [3.63, 3.8) is 0 Å². The lowest BCUT2D eigenvalue weighted by atomic mass is 10.0. The predicted molar refractivity (Wildman–Crippen MR) is 138 cm³/mol. The van der Waals surface area contributed by atoms with Gasteiger partial charge in [0.2, 0.25) is 17.7 Å². The highest BCUT2D eigenvalue weighted by Gasteiger charge is 2.40. The van der Waals surface area contributed by atoms with Crippen LogP contribution in [0.2, 0.25) is 0 Å². The van der Waals surface area contributed by atoms with Crippen molar-refractivity contribution in [1.82, 2.24) is 20.5 Å². The topological polar surface area (TPSA) is 121 Å². The summed E-state index contributed by atoms with van der Waals surface area (Å²) in [6.45, 7) is 9.86. The highest BCUT2D eigenvalue weighted by Crippen LogP contribution is 2.27. The first-order chi connectivity index (χ1) is 17.0. The molecule has 1 aromatic carbocycles. The van der Waals surface area contributed by atoms with Crippen LogP contribution in [0, 0.1) is 6.92 Å². The van der Waals surface area contributed by atoms with Gasteiger partial charge in [-0.3, -0.25) is 14.4 Å². The summed E-state index contributed by atoms with van der Waals surface area (Å²) in [4.78, 5) is 45.2. The first-order valence-electron chi connectivity index (χ1n) is 12.2. The van der Waals surface area contributed by atoms with Crippen molar-refractivity contribution < 1.29 is 24.2 Å². The highest BCUT2D eigenvalue weighted by molar-refractivity contribution is 7.13. The number of amides is 3. The van der Waals surface area contributed by atoms with E-state index in [0.717, 1.165) is 21.7 Å². The number of ether oxygens (including phenoxy) is 1. The molecule has 3 amide bonds. The average molecular weight is 517 g/mol. The Bertz CT molecular complexity index is 1070. The van der Waals surface area contributed by atoms with Crippen LogP contribution in [0.1, 0.15) is 51.8 Å². The number of carbonyl (C=O) groups is 3. The van der Waals surface area contributed by atoms with Crippen LogP contribution in [0.25, 0.3) is 10.4 Å². The van der Waals surface area contributed by atoms with E-state index < -0.39 is 29.7 Å².